The summed E-state index contributed by atoms with van der Waals surface area (Å²) in [6.45, 7) is 3.41. The van der Waals surface area contributed by atoms with E-state index in [2.05, 4.69) is 5.32 Å². The van der Waals surface area contributed by atoms with E-state index in [-0.39, 0.29) is 25.2 Å². The highest BCUT2D eigenvalue weighted by atomic mass is 19.2. The van der Waals surface area contributed by atoms with Gasteiger partial charge in [-0.3, -0.25) is 0 Å². The van der Waals surface area contributed by atoms with Crippen LogP contribution in [0.2, 0.25) is 0 Å². The van der Waals surface area contributed by atoms with Crippen LogP contribution in [0.3, 0.4) is 0 Å². The quantitative estimate of drug-likeness (QED) is 0.727. The molecule has 0 fully saturated rings. The molecule has 102 valence electrons. The van der Waals surface area contributed by atoms with E-state index in [1.165, 1.54) is 6.07 Å². The largest absolute Gasteiger partial charge is 0.395 e. The lowest BCUT2D eigenvalue weighted by Gasteiger charge is -2.27. The van der Waals surface area contributed by atoms with Gasteiger partial charge in [0.05, 0.1) is 19.3 Å². The van der Waals surface area contributed by atoms with Gasteiger partial charge in [0.2, 0.25) is 0 Å². The van der Waals surface area contributed by atoms with Gasteiger partial charge in [-0.15, -0.1) is 0 Å². The number of hydrogen-bond donors (Lipinski definition) is 3. The average Bonchev–Trinajstić information content (AvgIpc) is 2.34. The lowest BCUT2D eigenvalue weighted by Crippen LogP contribution is -2.40. The summed E-state index contributed by atoms with van der Waals surface area (Å²) >= 11 is 0. The van der Waals surface area contributed by atoms with Gasteiger partial charge in [0.1, 0.15) is 0 Å². The molecule has 0 saturated heterocycles. The average molecular weight is 259 g/mol. The fraction of sp³-hybridized carbons (Fsp3) is 0.538. The Bertz CT molecular complexity index is 381. The second-order valence-electron chi connectivity index (χ2n) is 4.62. The van der Waals surface area contributed by atoms with Gasteiger partial charge in [0.25, 0.3) is 0 Å². The molecule has 0 amide bonds. The Labute approximate surface area is 105 Å². The minimum atomic E-state index is -0.899. The van der Waals surface area contributed by atoms with E-state index in [1.807, 2.05) is 13.8 Å². The molecule has 0 unspecified atom stereocenters. The fourth-order valence-electron chi connectivity index (χ4n) is 1.80. The molecule has 1 aromatic carbocycles. The van der Waals surface area contributed by atoms with Crippen LogP contribution in [0.4, 0.5) is 8.78 Å². The van der Waals surface area contributed by atoms with E-state index >= 15 is 0 Å². The molecule has 0 radical (unpaired) electrons. The van der Waals surface area contributed by atoms with E-state index < -0.39 is 17.7 Å². The molecular formula is C13H19F2NO2. The molecule has 0 heterocycles. The molecule has 1 atom stereocenters. The summed E-state index contributed by atoms with van der Waals surface area (Å²) < 4.78 is 26.1. The highest BCUT2D eigenvalue weighted by Crippen LogP contribution is 2.23. The normalized spacial score (nSPS) is 13.3. The maximum atomic E-state index is 13.2. The number of hydrogen-bond acceptors (Lipinski definition) is 3. The number of nitrogens with one attached hydrogen (secondary N) is 1. The zero-order valence-electron chi connectivity index (χ0n) is 10.5. The zero-order valence-corrected chi connectivity index (χ0v) is 10.5. The van der Waals surface area contributed by atoms with Gasteiger partial charge in [0.15, 0.2) is 11.6 Å². The first-order chi connectivity index (χ1) is 8.49. The van der Waals surface area contributed by atoms with E-state index in [9.17, 15) is 8.78 Å². The second kappa shape index (κ2) is 6.78. The summed E-state index contributed by atoms with van der Waals surface area (Å²) in [4.78, 5) is 0. The van der Waals surface area contributed by atoms with Gasteiger partial charge < -0.3 is 15.5 Å². The minimum Gasteiger partial charge on any atom is -0.395 e. The Balaban J connectivity index is 2.93. The molecule has 0 aliphatic heterocycles. The maximum Gasteiger partial charge on any atom is 0.159 e. The number of benzene rings is 1. The van der Waals surface area contributed by atoms with Crippen molar-refractivity contribution in [3.8, 4) is 0 Å². The van der Waals surface area contributed by atoms with Crippen molar-refractivity contribution in [1.29, 1.82) is 0 Å². The van der Waals surface area contributed by atoms with E-state index in [0.29, 0.717) is 5.56 Å². The number of aliphatic hydroxyl groups is 2. The van der Waals surface area contributed by atoms with Crippen molar-refractivity contribution in [3.63, 3.8) is 0 Å². The molecule has 18 heavy (non-hydrogen) atoms. The van der Waals surface area contributed by atoms with Crippen LogP contribution in [0.1, 0.15) is 25.5 Å². The topological polar surface area (TPSA) is 52.5 Å². The summed E-state index contributed by atoms with van der Waals surface area (Å²) in [7, 11) is 0. The number of aliphatic hydroxyl groups excluding tert-OH is 2. The first-order valence-corrected chi connectivity index (χ1v) is 5.92. The van der Waals surface area contributed by atoms with E-state index in [1.54, 1.807) is 0 Å². The van der Waals surface area contributed by atoms with Gasteiger partial charge >= 0.3 is 0 Å². The molecule has 0 bridgehead atoms. The van der Waals surface area contributed by atoms with Gasteiger partial charge in [0, 0.05) is 6.04 Å². The van der Waals surface area contributed by atoms with Crippen molar-refractivity contribution in [3.05, 3.63) is 35.4 Å². The van der Waals surface area contributed by atoms with Crippen molar-refractivity contribution in [1.82, 2.24) is 5.32 Å². The van der Waals surface area contributed by atoms with E-state index in [0.717, 1.165) is 12.1 Å². The molecule has 0 aliphatic rings. The number of rotatable bonds is 6. The predicted molar refractivity (Wildman–Crippen MR) is 65.0 cm³/mol. The van der Waals surface area contributed by atoms with Crippen molar-refractivity contribution in [2.24, 2.45) is 5.92 Å². The van der Waals surface area contributed by atoms with Crippen molar-refractivity contribution in [2.75, 3.05) is 13.2 Å². The van der Waals surface area contributed by atoms with Crippen LogP contribution in [-0.2, 0) is 0 Å². The highest BCUT2D eigenvalue weighted by molar-refractivity contribution is 5.22. The summed E-state index contributed by atoms with van der Waals surface area (Å²) in [5.74, 6) is -1.68. The number of halogens is 2. The van der Waals surface area contributed by atoms with Crippen LogP contribution in [0.25, 0.3) is 0 Å². The van der Waals surface area contributed by atoms with Gasteiger partial charge in [-0.25, -0.2) is 8.78 Å². The molecular weight excluding hydrogens is 240 g/mol. The summed E-state index contributed by atoms with van der Waals surface area (Å²) in [5, 5.41) is 21.1. The first kappa shape index (κ1) is 15.0. The summed E-state index contributed by atoms with van der Waals surface area (Å²) in [6.07, 6.45) is 0. The maximum absolute atomic E-state index is 13.2. The molecule has 0 aromatic heterocycles. The molecule has 0 saturated carbocycles. The molecule has 5 heteroatoms. The van der Waals surface area contributed by atoms with Crippen molar-refractivity contribution in [2.45, 2.75) is 25.9 Å². The van der Waals surface area contributed by atoms with Crippen LogP contribution in [0.5, 0.6) is 0 Å². The Morgan fingerprint density at radius 1 is 1.11 bits per heavy atom. The van der Waals surface area contributed by atoms with Crippen molar-refractivity contribution < 1.29 is 19.0 Å². The second-order valence-corrected chi connectivity index (χ2v) is 4.62. The smallest absolute Gasteiger partial charge is 0.159 e. The fourth-order valence-corrected chi connectivity index (χ4v) is 1.80. The minimum absolute atomic E-state index is 0.107. The molecule has 0 spiro atoms. The predicted octanol–water partition coefficient (Wildman–Crippen LogP) is 1.60. The molecule has 3 nitrogen and oxygen atoms in total. The summed E-state index contributed by atoms with van der Waals surface area (Å²) in [6, 6.07) is 2.98. The molecule has 1 aromatic rings. The van der Waals surface area contributed by atoms with Gasteiger partial charge in [-0.2, -0.15) is 0 Å². The Hall–Kier alpha value is -1.04. The third-order valence-corrected chi connectivity index (χ3v) is 2.83. The third kappa shape index (κ3) is 3.73. The monoisotopic (exact) mass is 259 g/mol. The lowest BCUT2D eigenvalue weighted by molar-refractivity contribution is 0.154. The van der Waals surface area contributed by atoms with Crippen molar-refractivity contribution >= 4 is 0 Å². The Morgan fingerprint density at radius 3 is 2.17 bits per heavy atom. The van der Waals surface area contributed by atoms with Crippen LogP contribution in [0.15, 0.2) is 18.2 Å². The Morgan fingerprint density at radius 2 is 1.72 bits per heavy atom. The molecule has 0 aliphatic carbocycles. The van der Waals surface area contributed by atoms with Crippen LogP contribution in [-0.4, -0.2) is 29.5 Å². The zero-order chi connectivity index (χ0) is 13.7. The first-order valence-electron chi connectivity index (χ1n) is 5.92. The van der Waals surface area contributed by atoms with Gasteiger partial charge in [-0.1, -0.05) is 19.9 Å². The molecule has 3 N–H and O–H groups in total. The summed E-state index contributed by atoms with van der Waals surface area (Å²) in [5.41, 5.74) is 0.593. The van der Waals surface area contributed by atoms with Gasteiger partial charge in [-0.05, 0) is 23.6 Å². The van der Waals surface area contributed by atoms with Crippen LogP contribution in [0, 0.1) is 17.6 Å². The standard InChI is InChI=1S/C13H19F2NO2/c1-8(2)13(16-10(6-17)7-18)9-3-4-11(14)12(15)5-9/h3-5,8,10,13,16-18H,6-7H2,1-2H3/t13-/m0/s1. The van der Waals surface area contributed by atoms with Crippen LogP contribution >= 0.6 is 0 Å². The van der Waals surface area contributed by atoms with Crippen LogP contribution < -0.4 is 5.32 Å². The Kier molecular flexibility index (Phi) is 5.65. The van der Waals surface area contributed by atoms with E-state index in [4.69, 9.17) is 10.2 Å². The molecule has 1 rings (SSSR count). The third-order valence-electron chi connectivity index (χ3n) is 2.83. The SMILES string of the molecule is CC(C)[C@H](NC(CO)CO)c1ccc(F)c(F)c1. The highest BCUT2D eigenvalue weighted by Gasteiger charge is 2.20. The lowest BCUT2D eigenvalue weighted by atomic mass is 9.95.